The minimum Gasteiger partial charge on any atom is -0.312 e. The topological polar surface area (TPSA) is 58.2 Å². The van der Waals surface area contributed by atoms with Crippen molar-refractivity contribution < 1.29 is 8.42 Å². The first-order chi connectivity index (χ1) is 9.92. The fourth-order valence-corrected chi connectivity index (χ4v) is 4.63. The number of hydrogen-bond donors (Lipinski definition) is 2. The minimum absolute atomic E-state index is 0.323. The zero-order chi connectivity index (χ0) is 15.5. The molecule has 1 heterocycles. The van der Waals surface area contributed by atoms with E-state index in [1.807, 2.05) is 32.0 Å². The third-order valence-electron chi connectivity index (χ3n) is 2.82. The molecule has 2 rings (SSSR count). The minimum atomic E-state index is -3.55. The predicted molar refractivity (Wildman–Crippen MR) is 91.4 cm³/mol. The van der Waals surface area contributed by atoms with Crippen molar-refractivity contribution in [3.8, 4) is 0 Å². The Bertz CT molecular complexity index is 726. The molecule has 0 saturated carbocycles. The average molecular weight is 389 g/mol. The molecule has 0 spiro atoms. The molecule has 0 amide bonds. The van der Waals surface area contributed by atoms with Crippen LogP contribution in [0.4, 0.5) is 5.69 Å². The van der Waals surface area contributed by atoms with Crippen molar-refractivity contribution in [2.24, 2.45) is 0 Å². The highest BCUT2D eigenvalue weighted by molar-refractivity contribution is 9.10. The van der Waals surface area contributed by atoms with Crippen molar-refractivity contribution in [2.45, 2.75) is 24.6 Å². The van der Waals surface area contributed by atoms with E-state index < -0.39 is 10.0 Å². The molecule has 114 valence electrons. The lowest BCUT2D eigenvalue weighted by atomic mass is 10.2. The van der Waals surface area contributed by atoms with Gasteiger partial charge in [-0.3, -0.25) is 4.72 Å². The van der Waals surface area contributed by atoms with Crippen LogP contribution >= 0.6 is 27.3 Å². The van der Waals surface area contributed by atoms with Crippen LogP contribution in [0.2, 0.25) is 0 Å². The van der Waals surface area contributed by atoms with Gasteiger partial charge in [0, 0.05) is 15.9 Å². The van der Waals surface area contributed by atoms with Gasteiger partial charge < -0.3 is 5.32 Å². The number of sulfonamides is 1. The normalized spacial score (nSPS) is 11.6. The Labute approximate surface area is 137 Å². The lowest BCUT2D eigenvalue weighted by molar-refractivity contribution is 0.603. The maximum Gasteiger partial charge on any atom is 0.271 e. The molecule has 1 aromatic carbocycles. The SMILES string of the molecule is CCNCc1ccc(S(=O)(=O)Nc2cc(C)ccc2Br)s1. The second-order valence-corrected chi connectivity index (χ2v) is 8.52. The summed E-state index contributed by atoms with van der Waals surface area (Å²) in [6, 6.07) is 9.03. The summed E-state index contributed by atoms with van der Waals surface area (Å²) in [5.41, 5.74) is 1.55. The van der Waals surface area contributed by atoms with Gasteiger partial charge in [-0.2, -0.15) is 0 Å². The molecule has 2 aromatic rings. The fourth-order valence-electron chi connectivity index (χ4n) is 1.76. The Morgan fingerprint density at radius 2 is 2.00 bits per heavy atom. The maximum absolute atomic E-state index is 12.4. The summed E-state index contributed by atoms with van der Waals surface area (Å²) in [5.74, 6) is 0. The molecule has 0 unspecified atom stereocenters. The zero-order valence-corrected chi connectivity index (χ0v) is 15.0. The van der Waals surface area contributed by atoms with Gasteiger partial charge in [0.05, 0.1) is 5.69 Å². The summed E-state index contributed by atoms with van der Waals surface area (Å²) in [6.45, 7) is 5.48. The number of benzene rings is 1. The molecule has 7 heteroatoms. The molecule has 0 atom stereocenters. The van der Waals surface area contributed by atoms with Gasteiger partial charge in [-0.05, 0) is 59.2 Å². The predicted octanol–water partition coefficient (Wildman–Crippen LogP) is 3.73. The van der Waals surface area contributed by atoms with E-state index in [9.17, 15) is 8.42 Å². The molecule has 0 radical (unpaired) electrons. The van der Waals surface area contributed by atoms with E-state index in [1.165, 1.54) is 11.3 Å². The van der Waals surface area contributed by atoms with Crippen molar-refractivity contribution in [2.75, 3.05) is 11.3 Å². The number of hydrogen-bond acceptors (Lipinski definition) is 4. The second-order valence-electron chi connectivity index (χ2n) is 4.59. The van der Waals surface area contributed by atoms with Gasteiger partial charge in [0.2, 0.25) is 0 Å². The Hall–Kier alpha value is -0.890. The van der Waals surface area contributed by atoms with Crippen LogP contribution in [0.5, 0.6) is 0 Å². The third-order valence-corrected chi connectivity index (χ3v) is 6.45. The van der Waals surface area contributed by atoms with E-state index in [4.69, 9.17) is 0 Å². The van der Waals surface area contributed by atoms with Crippen LogP contribution in [0, 0.1) is 6.92 Å². The van der Waals surface area contributed by atoms with Crippen molar-refractivity contribution >= 4 is 43.0 Å². The number of aryl methyl sites for hydroxylation is 1. The molecule has 2 N–H and O–H groups in total. The Kier molecular flexibility index (Phi) is 5.43. The monoisotopic (exact) mass is 388 g/mol. The van der Waals surface area contributed by atoms with E-state index in [-0.39, 0.29) is 0 Å². The largest absolute Gasteiger partial charge is 0.312 e. The molecule has 0 bridgehead atoms. The van der Waals surface area contributed by atoms with Gasteiger partial charge >= 0.3 is 0 Å². The van der Waals surface area contributed by atoms with Crippen LogP contribution in [0.1, 0.15) is 17.4 Å². The van der Waals surface area contributed by atoms with Crippen LogP contribution < -0.4 is 10.0 Å². The third kappa shape index (κ3) is 4.29. The van der Waals surface area contributed by atoms with Crippen LogP contribution in [0.3, 0.4) is 0 Å². The zero-order valence-electron chi connectivity index (χ0n) is 11.8. The van der Waals surface area contributed by atoms with Gasteiger partial charge in [0.1, 0.15) is 4.21 Å². The summed E-state index contributed by atoms with van der Waals surface area (Å²) in [4.78, 5) is 1.00. The van der Waals surface area contributed by atoms with Crippen LogP contribution in [-0.4, -0.2) is 15.0 Å². The first-order valence-electron chi connectivity index (χ1n) is 6.51. The van der Waals surface area contributed by atoms with Crippen LogP contribution in [-0.2, 0) is 16.6 Å². The van der Waals surface area contributed by atoms with Crippen molar-refractivity contribution in [3.63, 3.8) is 0 Å². The Morgan fingerprint density at radius 1 is 1.24 bits per heavy atom. The van der Waals surface area contributed by atoms with E-state index in [0.29, 0.717) is 16.4 Å². The highest BCUT2D eigenvalue weighted by Gasteiger charge is 2.18. The van der Waals surface area contributed by atoms with Gasteiger partial charge in [-0.15, -0.1) is 11.3 Å². The molecule has 0 saturated heterocycles. The summed E-state index contributed by atoms with van der Waals surface area (Å²) >= 11 is 4.64. The van der Waals surface area contributed by atoms with E-state index in [1.54, 1.807) is 12.1 Å². The van der Waals surface area contributed by atoms with Crippen LogP contribution in [0.25, 0.3) is 0 Å². The molecular formula is C14H17BrN2O2S2. The molecule has 0 aliphatic heterocycles. The van der Waals surface area contributed by atoms with Gasteiger partial charge in [-0.1, -0.05) is 13.0 Å². The number of halogens is 1. The van der Waals surface area contributed by atoms with Gasteiger partial charge in [0.25, 0.3) is 10.0 Å². The highest BCUT2D eigenvalue weighted by atomic mass is 79.9. The summed E-state index contributed by atoms with van der Waals surface area (Å²) in [7, 11) is -3.55. The molecule has 21 heavy (non-hydrogen) atoms. The lowest BCUT2D eigenvalue weighted by Gasteiger charge is -2.09. The first-order valence-corrected chi connectivity index (χ1v) is 9.60. The smallest absolute Gasteiger partial charge is 0.271 e. The fraction of sp³-hybridized carbons (Fsp3) is 0.286. The quantitative estimate of drug-likeness (QED) is 0.792. The van der Waals surface area contributed by atoms with Crippen molar-refractivity contribution in [1.82, 2.24) is 5.32 Å². The number of thiophene rings is 1. The molecule has 0 aliphatic carbocycles. The molecule has 0 aliphatic rings. The Morgan fingerprint density at radius 3 is 2.71 bits per heavy atom. The number of rotatable bonds is 6. The second kappa shape index (κ2) is 6.91. The van der Waals surface area contributed by atoms with E-state index >= 15 is 0 Å². The van der Waals surface area contributed by atoms with E-state index in [2.05, 4.69) is 26.0 Å². The summed E-state index contributed by atoms with van der Waals surface area (Å²) in [6.07, 6.45) is 0. The molecule has 4 nitrogen and oxygen atoms in total. The standard InChI is InChI=1S/C14H17BrN2O2S2/c1-3-16-9-11-5-7-14(20-11)21(18,19)17-13-8-10(2)4-6-12(13)15/h4-8,16-17H,3,9H2,1-2H3. The summed E-state index contributed by atoms with van der Waals surface area (Å²) in [5, 5.41) is 3.18. The number of anilines is 1. The molecule has 0 fully saturated rings. The van der Waals surface area contributed by atoms with E-state index in [0.717, 1.165) is 21.5 Å². The highest BCUT2D eigenvalue weighted by Crippen LogP contribution is 2.28. The van der Waals surface area contributed by atoms with Crippen molar-refractivity contribution in [3.05, 3.63) is 45.2 Å². The first kappa shape index (κ1) is 16.5. The number of nitrogens with one attached hydrogen (secondary N) is 2. The van der Waals surface area contributed by atoms with Crippen LogP contribution in [0.15, 0.2) is 39.0 Å². The summed E-state index contributed by atoms with van der Waals surface area (Å²) < 4.78 is 28.5. The Balaban J connectivity index is 2.22. The van der Waals surface area contributed by atoms with Gasteiger partial charge in [0.15, 0.2) is 0 Å². The average Bonchev–Trinajstić information content (AvgIpc) is 2.90. The molecule has 1 aromatic heterocycles. The van der Waals surface area contributed by atoms with Gasteiger partial charge in [-0.25, -0.2) is 8.42 Å². The molecular weight excluding hydrogens is 372 g/mol. The lowest BCUT2D eigenvalue weighted by Crippen LogP contribution is -2.12. The van der Waals surface area contributed by atoms with Crippen molar-refractivity contribution in [1.29, 1.82) is 0 Å². The maximum atomic E-state index is 12.4.